The van der Waals surface area contributed by atoms with Gasteiger partial charge in [0.15, 0.2) is 5.76 Å². The Kier molecular flexibility index (Phi) is 8.81. The van der Waals surface area contributed by atoms with Crippen molar-refractivity contribution in [3.05, 3.63) is 83.3 Å². The Labute approximate surface area is 219 Å². The number of anilines is 1. The predicted molar refractivity (Wildman–Crippen MR) is 138 cm³/mol. The fourth-order valence-electron chi connectivity index (χ4n) is 4.17. The van der Waals surface area contributed by atoms with Crippen LogP contribution in [0.1, 0.15) is 35.0 Å². The van der Waals surface area contributed by atoms with Gasteiger partial charge in [-0.2, -0.15) is 0 Å². The first-order valence-corrected chi connectivity index (χ1v) is 12.3. The fourth-order valence-corrected chi connectivity index (χ4v) is 4.34. The second kappa shape index (κ2) is 12.4. The maximum atomic E-state index is 13.8. The molecular weight excluding hydrogens is 498 g/mol. The van der Waals surface area contributed by atoms with Gasteiger partial charge in [-0.15, -0.1) is 0 Å². The Bertz CT molecular complexity index is 1210. The molecule has 10 heteroatoms. The minimum atomic E-state index is -1.08. The van der Waals surface area contributed by atoms with Gasteiger partial charge in [0.2, 0.25) is 11.8 Å². The smallest absolute Gasteiger partial charge is 0.287 e. The number of rotatable bonds is 10. The van der Waals surface area contributed by atoms with Crippen LogP contribution in [0.2, 0.25) is 5.02 Å². The third-order valence-electron chi connectivity index (χ3n) is 5.96. The van der Waals surface area contributed by atoms with E-state index in [1.165, 1.54) is 24.3 Å². The predicted octanol–water partition coefficient (Wildman–Crippen LogP) is 3.74. The van der Waals surface area contributed by atoms with Gasteiger partial charge >= 0.3 is 0 Å². The first-order valence-electron chi connectivity index (χ1n) is 11.9. The number of carbonyl (C=O) groups is 3. The van der Waals surface area contributed by atoms with Gasteiger partial charge in [-0.3, -0.25) is 19.3 Å². The van der Waals surface area contributed by atoms with E-state index in [1.54, 1.807) is 48.5 Å². The van der Waals surface area contributed by atoms with Crippen molar-refractivity contribution in [3.63, 3.8) is 0 Å². The zero-order valence-electron chi connectivity index (χ0n) is 20.3. The lowest BCUT2D eigenvalue weighted by atomic mass is 10.0. The average molecular weight is 526 g/mol. The number of halogens is 1. The summed E-state index contributed by atoms with van der Waals surface area (Å²) in [6.07, 6.45) is 3.06. The number of amides is 3. The van der Waals surface area contributed by atoms with Crippen LogP contribution in [0.15, 0.2) is 71.3 Å². The van der Waals surface area contributed by atoms with Crippen LogP contribution < -0.4 is 20.3 Å². The van der Waals surface area contributed by atoms with Gasteiger partial charge in [0.1, 0.15) is 11.8 Å². The van der Waals surface area contributed by atoms with Crippen LogP contribution in [0.4, 0.5) is 5.69 Å². The standard InChI is InChI=1S/C27H28ClN3O6/c1-35-22-12-11-19(28)15-21(22)31(24(32)17-30-26(33)23-10-6-14-37-23)25(18-7-3-2-4-8-18)27(34)29-16-20-9-5-13-36-20/h2-4,6-8,10-12,14-15,20,25H,5,9,13,16-17H2,1H3,(H,29,34)(H,30,33)/t20-,25+/m0/s1. The molecule has 2 N–H and O–H groups in total. The van der Waals surface area contributed by atoms with Crippen molar-refractivity contribution < 1.29 is 28.3 Å². The van der Waals surface area contributed by atoms with Crippen molar-refractivity contribution >= 4 is 35.0 Å². The number of carbonyl (C=O) groups excluding carboxylic acids is 3. The number of hydrogen-bond acceptors (Lipinski definition) is 6. The summed E-state index contributed by atoms with van der Waals surface area (Å²) in [5.41, 5.74) is 0.855. The van der Waals surface area contributed by atoms with E-state index in [9.17, 15) is 14.4 Å². The summed E-state index contributed by atoms with van der Waals surface area (Å²) >= 11 is 6.30. The molecule has 1 saturated heterocycles. The lowest BCUT2D eigenvalue weighted by Gasteiger charge is -2.32. The van der Waals surface area contributed by atoms with Gasteiger partial charge in [-0.05, 0) is 48.7 Å². The van der Waals surface area contributed by atoms with Crippen molar-refractivity contribution in [1.82, 2.24) is 10.6 Å². The Morgan fingerprint density at radius 3 is 2.59 bits per heavy atom. The van der Waals surface area contributed by atoms with E-state index in [2.05, 4.69) is 10.6 Å². The third kappa shape index (κ3) is 6.49. The van der Waals surface area contributed by atoms with Crippen LogP contribution in [0.25, 0.3) is 0 Å². The van der Waals surface area contributed by atoms with Crippen LogP contribution >= 0.6 is 11.6 Å². The Morgan fingerprint density at radius 2 is 1.92 bits per heavy atom. The summed E-state index contributed by atoms with van der Waals surface area (Å²) in [6.45, 7) is 0.562. The molecule has 3 amide bonds. The monoisotopic (exact) mass is 525 g/mol. The molecule has 2 heterocycles. The molecule has 1 fully saturated rings. The molecular formula is C27H28ClN3O6. The SMILES string of the molecule is COc1ccc(Cl)cc1N(C(=O)CNC(=O)c1ccco1)[C@@H](C(=O)NC[C@@H]1CCCO1)c1ccccc1. The summed E-state index contributed by atoms with van der Waals surface area (Å²) in [4.78, 5) is 41.2. The summed E-state index contributed by atoms with van der Waals surface area (Å²) in [5.74, 6) is -1.12. The zero-order chi connectivity index (χ0) is 26.2. The highest BCUT2D eigenvalue weighted by Crippen LogP contribution is 2.37. The number of ether oxygens (including phenoxy) is 2. The molecule has 1 aromatic heterocycles. The van der Waals surface area contributed by atoms with Crippen LogP contribution in [0.3, 0.4) is 0 Å². The summed E-state index contributed by atoms with van der Waals surface area (Å²) in [6, 6.07) is 15.7. The van der Waals surface area contributed by atoms with Gasteiger partial charge in [-0.1, -0.05) is 41.9 Å². The van der Waals surface area contributed by atoms with E-state index >= 15 is 0 Å². The van der Waals surface area contributed by atoms with Gasteiger partial charge in [0, 0.05) is 18.2 Å². The van der Waals surface area contributed by atoms with Crippen molar-refractivity contribution in [2.45, 2.75) is 25.0 Å². The molecule has 0 unspecified atom stereocenters. The van der Waals surface area contributed by atoms with E-state index < -0.39 is 30.3 Å². The topological polar surface area (TPSA) is 110 Å². The highest BCUT2D eigenvalue weighted by molar-refractivity contribution is 6.31. The van der Waals surface area contributed by atoms with Crippen molar-refractivity contribution in [3.8, 4) is 5.75 Å². The highest BCUT2D eigenvalue weighted by Gasteiger charge is 2.35. The van der Waals surface area contributed by atoms with Crippen molar-refractivity contribution in [1.29, 1.82) is 0 Å². The molecule has 2 aromatic carbocycles. The van der Waals surface area contributed by atoms with E-state index in [-0.39, 0.29) is 17.6 Å². The second-order valence-corrected chi connectivity index (χ2v) is 8.87. The molecule has 0 aliphatic carbocycles. The van der Waals surface area contributed by atoms with Gasteiger partial charge < -0.3 is 24.5 Å². The zero-order valence-corrected chi connectivity index (χ0v) is 21.1. The highest BCUT2D eigenvalue weighted by atomic mass is 35.5. The molecule has 9 nitrogen and oxygen atoms in total. The summed E-state index contributed by atoms with van der Waals surface area (Å²) < 4.78 is 16.3. The molecule has 0 radical (unpaired) electrons. The van der Waals surface area contributed by atoms with Gasteiger partial charge in [-0.25, -0.2) is 0 Å². The first kappa shape index (κ1) is 26.2. The number of nitrogens with zero attached hydrogens (tertiary/aromatic N) is 1. The average Bonchev–Trinajstić information content (AvgIpc) is 3.64. The summed E-state index contributed by atoms with van der Waals surface area (Å²) in [7, 11) is 1.46. The first-order chi connectivity index (χ1) is 18.0. The number of furan rings is 1. The fraction of sp³-hybridized carbons (Fsp3) is 0.296. The van der Waals surface area contributed by atoms with E-state index in [0.717, 1.165) is 12.8 Å². The maximum Gasteiger partial charge on any atom is 0.287 e. The number of methoxy groups -OCH3 is 1. The molecule has 1 aliphatic rings. The normalized spacial score (nSPS) is 15.6. The molecule has 0 bridgehead atoms. The number of benzene rings is 2. The van der Waals surface area contributed by atoms with Crippen LogP contribution in [-0.2, 0) is 14.3 Å². The Balaban J connectivity index is 1.70. The summed E-state index contributed by atoms with van der Waals surface area (Å²) in [5, 5.41) is 5.84. The van der Waals surface area contributed by atoms with Crippen LogP contribution in [0.5, 0.6) is 5.75 Å². The molecule has 2 atom stereocenters. The lowest BCUT2D eigenvalue weighted by Crippen LogP contribution is -2.48. The minimum Gasteiger partial charge on any atom is -0.495 e. The largest absolute Gasteiger partial charge is 0.495 e. The quantitative estimate of drug-likeness (QED) is 0.417. The maximum absolute atomic E-state index is 13.8. The minimum absolute atomic E-state index is 0.0635. The van der Waals surface area contributed by atoms with Gasteiger partial charge in [0.25, 0.3) is 5.91 Å². The molecule has 4 rings (SSSR count). The lowest BCUT2D eigenvalue weighted by molar-refractivity contribution is -0.126. The molecule has 3 aromatic rings. The van der Waals surface area contributed by atoms with Crippen LogP contribution in [-0.4, -0.2) is 50.6 Å². The number of hydrogen-bond donors (Lipinski definition) is 2. The van der Waals surface area contributed by atoms with E-state index in [0.29, 0.717) is 29.5 Å². The molecule has 0 spiro atoms. The second-order valence-electron chi connectivity index (χ2n) is 8.43. The van der Waals surface area contributed by atoms with Crippen LogP contribution in [0, 0.1) is 0 Å². The molecule has 37 heavy (non-hydrogen) atoms. The molecule has 194 valence electrons. The molecule has 1 aliphatic heterocycles. The van der Waals surface area contributed by atoms with Gasteiger partial charge in [0.05, 0.1) is 31.7 Å². The van der Waals surface area contributed by atoms with E-state index in [1.807, 2.05) is 6.07 Å². The van der Waals surface area contributed by atoms with Crippen molar-refractivity contribution in [2.75, 3.05) is 31.7 Å². The molecule has 0 saturated carbocycles. The third-order valence-corrected chi connectivity index (χ3v) is 6.20. The van der Waals surface area contributed by atoms with Crippen molar-refractivity contribution in [2.24, 2.45) is 0 Å². The number of nitrogens with one attached hydrogen (secondary N) is 2. The Morgan fingerprint density at radius 1 is 1.11 bits per heavy atom. The Hall–Kier alpha value is -3.82. The van der Waals surface area contributed by atoms with E-state index in [4.69, 9.17) is 25.5 Å².